The first-order chi connectivity index (χ1) is 13.0. The number of nitrogens with zero attached hydrogens (tertiary/aromatic N) is 2. The van der Waals surface area contributed by atoms with Crippen LogP contribution in [0.3, 0.4) is 0 Å². The topological polar surface area (TPSA) is 81.8 Å². The molecule has 148 valence electrons. The SMILES string of the molecule is CCCC1CC(C(=O)N2CCN(S(=O)(=O)/C=C/c3ccccc3)CC2)NN1. The van der Waals surface area contributed by atoms with Gasteiger partial charge in [-0.3, -0.25) is 10.2 Å². The van der Waals surface area contributed by atoms with E-state index in [2.05, 4.69) is 17.8 Å². The number of hydrogen-bond acceptors (Lipinski definition) is 5. The first kappa shape index (κ1) is 20.0. The third-order valence-electron chi connectivity index (χ3n) is 5.06. The van der Waals surface area contributed by atoms with Crippen molar-refractivity contribution >= 4 is 22.0 Å². The van der Waals surface area contributed by atoms with Crippen molar-refractivity contribution in [2.45, 2.75) is 38.3 Å². The van der Waals surface area contributed by atoms with Crippen molar-refractivity contribution in [3.05, 3.63) is 41.3 Å². The van der Waals surface area contributed by atoms with Crippen molar-refractivity contribution in [2.24, 2.45) is 0 Å². The van der Waals surface area contributed by atoms with E-state index < -0.39 is 10.0 Å². The minimum atomic E-state index is -3.48. The van der Waals surface area contributed by atoms with Gasteiger partial charge in [-0.15, -0.1) is 0 Å². The molecule has 1 aromatic carbocycles. The molecule has 3 rings (SSSR count). The largest absolute Gasteiger partial charge is 0.339 e. The van der Waals surface area contributed by atoms with Crippen LogP contribution in [0.25, 0.3) is 6.08 Å². The summed E-state index contributed by atoms with van der Waals surface area (Å²) in [6.07, 6.45) is 4.50. The lowest BCUT2D eigenvalue weighted by Crippen LogP contribution is -2.54. The molecule has 8 heteroatoms. The number of nitrogens with one attached hydrogen (secondary N) is 2. The first-order valence-corrected chi connectivity index (χ1v) is 11.0. The third-order valence-corrected chi connectivity index (χ3v) is 6.62. The maximum absolute atomic E-state index is 12.7. The van der Waals surface area contributed by atoms with Crippen LogP contribution >= 0.6 is 0 Å². The van der Waals surface area contributed by atoms with Crippen LogP contribution in [0.15, 0.2) is 35.7 Å². The van der Waals surface area contributed by atoms with Crippen molar-refractivity contribution in [2.75, 3.05) is 26.2 Å². The van der Waals surface area contributed by atoms with E-state index in [1.807, 2.05) is 30.3 Å². The molecule has 2 aliphatic heterocycles. The predicted molar refractivity (Wildman–Crippen MR) is 106 cm³/mol. The fraction of sp³-hybridized carbons (Fsp3) is 0.526. The number of rotatable bonds is 6. The quantitative estimate of drug-likeness (QED) is 0.759. The monoisotopic (exact) mass is 392 g/mol. The number of hydrazine groups is 1. The van der Waals surface area contributed by atoms with E-state index in [1.54, 1.807) is 11.0 Å². The summed E-state index contributed by atoms with van der Waals surface area (Å²) in [6.45, 7) is 3.63. The summed E-state index contributed by atoms with van der Waals surface area (Å²) in [4.78, 5) is 14.4. The van der Waals surface area contributed by atoms with Crippen LogP contribution in [0.5, 0.6) is 0 Å². The van der Waals surface area contributed by atoms with E-state index in [0.29, 0.717) is 32.2 Å². The van der Waals surface area contributed by atoms with Gasteiger partial charge in [-0.05, 0) is 24.5 Å². The second kappa shape index (κ2) is 8.97. The van der Waals surface area contributed by atoms with Crippen molar-refractivity contribution in [1.82, 2.24) is 20.1 Å². The second-order valence-corrected chi connectivity index (χ2v) is 8.86. The van der Waals surface area contributed by atoms with E-state index in [9.17, 15) is 13.2 Å². The standard InChI is InChI=1S/C19H28N4O3S/c1-2-6-17-15-18(21-20-17)19(24)22-10-12-23(13-11-22)27(25,26)14-9-16-7-4-3-5-8-16/h3-5,7-9,14,17-18,20-21H,2,6,10-13,15H2,1H3/b14-9+. The molecule has 2 N–H and O–H groups in total. The molecule has 7 nitrogen and oxygen atoms in total. The number of sulfonamides is 1. The Labute approximate surface area is 161 Å². The molecule has 2 unspecified atom stereocenters. The summed E-state index contributed by atoms with van der Waals surface area (Å²) >= 11 is 0. The van der Waals surface area contributed by atoms with Crippen LogP contribution in [-0.2, 0) is 14.8 Å². The molecule has 0 aliphatic carbocycles. The van der Waals surface area contributed by atoms with Gasteiger partial charge in [0.15, 0.2) is 0 Å². The minimum absolute atomic E-state index is 0.0537. The van der Waals surface area contributed by atoms with E-state index in [1.165, 1.54) is 9.71 Å². The molecule has 1 aromatic rings. The molecule has 2 aliphatic rings. The maximum atomic E-state index is 12.7. The van der Waals surface area contributed by atoms with Crippen LogP contribution < -0.4 is 10.9 Å². The van der Waals surface area contributed by atoms with Gasteiger partial charge in [0.2, 0.25) is 15.9 Å². The number of piperazine rings is 1. The highest BCUT2D eigenvalue weighted by Gasteiger charge is 2.34. The van der Waals surface area contributed by atoms with Gasteiger partial charge in [0.25, 0.3) is 0 Å². The van der Waals surface area contributed by atoms with Gasteiger partial charge in [-0.25, -0.2) is 13.8 Å². The Hall–Kier alpha value is -1.74. The van der Waals surface area contributed by atoms with E-state index in [4.69, 9.17) is 0 Å². The number of benzene rings is 1. The summed E-state index contributed by atoms with van der Waals surface area (Å²) in [5, 5.41) is 1.25. The molecule has 2 fully saturated rings. The average Bonchev–Trinajstić information content (AvgIpc) is 3.16. The maximum Gasteiger partial charge on any atom is 0.241 e. The zero-order valence-corrected chi connectivity index (χ0v) is 16.5. The Bertz CT molecular complexity index is 758. The lowest BCUT2D eigenvalue weighted by atomic mass is 10.1. The molecule has 2 atom stereocenters. The zero-order chi connectivity index (χ0) is 19.3. The molecule has 0 bridgehead atoms. The Morgan fingerprint density at radius 1 is 1.15 bits per heavy atom. The molecule has 0 saturated carbocycles. The summed E-state index contributed by atoms with van der Waals surface area (Å²) in [7, 11) is -3.48. The van der Waals surface area contributed by atoms with Gasteiger partial charge in [0.05, 0.1) is 0 Å². The predicted octanol–water partition coefficient (Wildman–Crippen LogP) is 1.17. The Kier molecular flexibility index (Phi) is 6.64. The highest BCUT2D eigenvalue weighted by Crippen LogP contribution is 2.16. The Morgan fingerprint density at radius 2 is 1.85 bits per heavy atom. The molecule has 2 saturated heterocycles. The molecule has 1 amide bonds. The van der Waals surface area contributed by atoms with Crippen LogP contribution in [0.2, 0.25) is 0 Å². The van der Waals surface area contributed by atoms with Crippen molar-refractivity contribution in [1.29, 1.82) is 0 Å². The van der Waals surface area contributed by atoms with Crippen molar-refractivity contribution in [3.8, 4) is 0 Å². The molecule has 0 spiro atoms. The summed E-state index contributed by atoms with van der Waals surface area (Å²) in [6, 6.07) is 9.45. The van der Waals surface area contributed by atoms with Gasteiger partial charge in [0.1, 0.15) is 6.04 Å². The molecule has 0 radical (unpaired) electrons. The number of carbonyl (C=O) groups is 1. The lowest BCUT2D eigenvalue weighted by Gasteiger charge is -2.34. The fourth-order valence-electron chi connectivity index (χ4n) is 3.52. The molecule has 27 heavy (non-hydrogen) atoms. The molecular formula is C19H28N4O3S. The van der Waals surface area contributed by atoms with Crippen LogP contribution in [0, 0.1) is 0 Å². The van der Waals surface area contributed by atoms with Gasteiger partial charge >= 0.3 is 0 Å². The lowest BCUT2D eigenvalue weighted by molar-refractivity contribution is -0.134. The van der Waals surface area contributed by atoms with E-state index in [-0.39, 0.29) is 11.9 Å². The third kappa shape index (κ3) is 5.16. The van der Waals surface area contributed by atoms with Crippen LogP contribution in [0.4, 0.5) is 0 Å². The van der Waals surface area contributed by atoms with Gasteiger partial charge in [-0.1, -0.05) is 43.7 Å². The molecule has 0 aromatic heterocycles. The first-order valence-electron chi connectivity index (χ1n) is 9.52. The summed E-state index contributed by atoms with van der Waals surface area (Å²) < 4.78 is 26.5. The van der Waals surface area contributed by atoms with E-state index in [0.717, 1.165) is 24.8 Å². The Morgan fingerprint density at radius 3 is 2.52 bits per heavy atom. The number of amides is 1. The second-order valence-electron chi connectivity index (χ2n) is 7.05. The van der Waals surface area contributed by atoms with Gasteiger partial charge < -0.3 is 4.90 Å². The van der Waals surface area contributed by atoms with Gasteiger partial charge in [-0.2, -0.15) is 4.31 Å². The highest BCUT2D eigenvalue weighted by molar-refractivity contribution is 7.92. The van der Waals surface area contributed by atoms with Crippen LogP contribution in [-0.4, -0.2) is 61.8 Å². The molecular weight excluding hydrogens is 364 g/mol. The highest BCUT2D eigenvalue weighted by atomic mass is 32.2. The summed E-state index contributed by atoms with van der Waals surface area (Å²) in [5.41, 5.74) is 7.11. The van der Waals surface area contributed by atoms with Crippen molar-refractivity contribution < 1.29 is 13.2 Å². The van der Waals surface area contributed by atoms with Gasteiger partial charge in [0, 0.05) is 37.6 Å². The van der Waals surface area contributed by atoms with Crippen LogP contribution in [0.1, 0.15) is 31.7 Å². The summed E-state index contributed by atoms with van der Waals surface area (Å²) in [5.74, 6) is 0.0537. The molecule has 2 heterocycles. The number of hydrogen-bond donors (Lipinski definition) is 2. The fourth-order valence-corrected chi connectivity index (χ4v) is 4.69. The van der Waals surface area contributed by atoms with E-state index >= 15 is 0 Å². The minimum Gasteiger partial charge on any atom is -0.339 e. The smallest absolute Gasteiger partial charge is 0.241 e. The Balaban J connectivity index is 1.52. The van der Waals surface area contributed by atoms with Crippen molar-refractivity contribution in [3.63, 3.8) is 0 Å². The number of carbonyl (C=O) groups excluding carboxylic acids is 1. The average molecular weight is 393 g/mol. The normalized spacial score (nSPS) is 24.6. The zero-order valence-electron chi connectivity index (χ0n) is 15.7.